The van der Waals surface area contributed by atoms with E-state index in [-0.39, 0.29) is 49.6 Å². The number of nitrogens with zero attached hydrogens (tertiary/aromatic N) is 2. The summed E-state index contributed by atoms with van der Waals surface area (Å²) in [6.07, 6.45) is 2.47. The Bertz CT molecular complexity index is 805. The molecule has 4 amide bonds. The zero-order valence-corrected chi connectivity index (χ0v) is 16.5. The van der Waals surface area contributed by atoms with Crippen molar-refractivity contribution in [1.82, 2.24) is 15.1 Å². The third-order valence-electron chi connectivity index (χ3n) is 5.36. The number of fused-ring (bicyclic) bond motifs is 1. The van der Waals surface area contributed by atoms with Crippen LogP contribution in [0.2, 0.25) is 0 Å². The van der Waals surface area contributed by atoms with E-state index in [0.717, 1.165) is 36.4 Å². The van der Waals surface area contributed by atoms with Crippen LogP contribution in [0.15, 0.2) is 18.2 Å². The Morgan fingerprint density at radius 2 is 1.89 bits per heavy atom. The average Bonchev–Trinajstić information content (AvgIpc) is 2.90. The van der Waals surface area contributed by atoms with E-state index >= 15 is 0 Å². The molecule has 2 aliphatic rings. The molecule has 0 radical (unpaired) electrons. The number of likely N-dealkylation sites (tertiary alicyclic amines) is 1. The van der Waals surface area contributed by atoms with Crippen molar-refractivity contribution in [3.8, 4) is 0 Å². The van der Waals surface area contributed by atoms with E-state index < -0.39 is 0 Å². The standard InChI is InChI=1S/C21H27N3O4/c1-14-5-6-16-17(12-14)21(28)24(20(16)27)11-8-18(25)22-9-7-19(26)23-10-3-4-15(2)13-23/h5-6,12,15H,3-4,7-11,13H2,1-2H3,(H,22,25). The van der Waals surface area contributed by atoms with Crippen molar-refractivity contribution in [1.29, 1.82) is 0 Å². The Balaban J connectivity index is 1.42. The highest BCUT2D eigenvalue weighted by atomic mass is 16.2. The Labute approximate surface area is 165 Å². The number of nitrogens with one attached hydrogen (secondary N) is 1. The number of rotatable bonds is 6. The Morgan fingerprint density at radius 1 is 1.14 bits per heavy atom. The van der Waals surface area contributed by atoms with Crippen molar-refractivity contribution >= 4 is 23.6 Å². The lowest BCUT2D eigenvalue weighted by Gasteiger charge is -2.31. The Morgan fingerprint density at radius 3 is 2.64 bits per heavy atom. The molecular formula is C21H27N3O4. The SMILES string of the molecule is Cc1ccc2c(c1)C(=O)N(CCC(=O)NCCC(=O)N1CCCC(C)C1)C2=O. The van der Waals surface area contributed by atoms with Gasteiger partial charge in [0, 0.05) is 39.0 Å². The van der Waals surface area contributed by atoms with Crippen LogP contribution in [0.25, 0.3) is 0 Å². The van der Waals surface area contributed by atoms with Crippen molar-refractivity contribution < 1.29 is 19.2 Å². The van der Waals surface area contributed by atoms with Crippen LogP contribution in [0.4, 0.5) is 0 Å². The molecule has 1 fully saturated rings. The van der Waals surface area contributed by atoms with E-state index in [0.29, 0.717) is 17.0 Å². The number of aryl methyl sites for hydroxylation is 1. The molecular weight excluding hydrogens is 358 g/mol. The van der Waals surface area contributed by atoms with Gasteiger partial charge in [-0.25, -0.2) is 0 Å². The summed E-state index contributed by atoms with van der Waals surface area (Å²) in [4.78, 5) is 52.0. The molecule has 0 aliphatic carbocycles. The van der Waals surface area contributed by atoms with Gasteiger partial charge in [-0.1, -0.05) is 18.6 Å². The van der Waals surface area contributed by atoms with Crippen molar-refractivity contribution in [2.75, 3.05) is 26.2 Å². The van der Waals surface area contributed by atoms with E-state index in [2.05, 4.69) is 12.2 Å². The van der Waals surface area contributed by atoms with Gasteiger partial charge in [-0.3, -0.25) is 24.1 Å². The van der Waals surface area contributed by atoms with Gasteiger partial charge in [0.2, 0.25) is 11.8 Å². The molecule has 1 aromatic rings. The first-order chi connectivity index (χ1) is 13.4. The molecule has 0 bridgehead atoms. The highest BCUT2D eigenvalue weighted by Crippen LogP contribution is 2.24. The molecule has 0 spiro atoms. The second kappa shape index (κ2) is 8.54. The molecule has 1 N–H and O–H groups in total. The summed E-state index contributed by atoms with van der Waals surface area (Å²) >= 11 is 0. The van der Waals surface area contributed by atoms with Crippen LogP contribution in [-0.2, 0) is 9.59 Å². The fourth-order valence-electron chi connectivity index (χ4n) is 3.79. The number of amides is 4. The van der Waals surface area contributed by atoms with E-state index in [1.165, 1.54) is 0 Å². The highest BCUT2D eigenvalue weighted by molar-refractivity contribution is 6.21. The molecule has 1 atom stereocenters. The lowest BCUT2D eigenvalue weighted by atomic mass is 10.00. The number of imide groups is 1. The number of piperidine rings is 1. The van der Waals surface area contributed by atoms with E-state index in [4.69, 9.17) is 0 Å². The summed E-state index contributed by atoms with van der Waals surface area (Å²) in [6, 6.07) is 5.14. The molecule has 2 aliphatic heterocycles. The quantitative estimate of drug-likeness (QED) is 0.756. The lowest BCUT2D eigenvalue weighted by molar-refractivity contribution is -0.132. The fourth-order valence-corrected chi connectivity index (χ4v) is 3.79. The smallest absolute Gasteiger partial charge is 0.261 e. The summed E-state index contributed by atoms with van der Waals surface area (Å²) in [5, 5.41) is 2.71. The van der Waals surface area contributed by atoms with Gasteiger partial charge in [0.05, 0.1) is 11.1 Å². The fraction of sp³-hybridized carbons (Fsp3) is 0.524. The van der Waals surface area contributed by atoms with Gasteiger partial charge >= 0.3 is 0 Å². The van der Waals surface area contributed by atoms with Gasteiger partial charge in [0.25, 0.3) is 11.8 Å². The summed E-state index contributed by atoms with van der Waals surface area (Å²) in [5.74, 6) is -0.404. The van der Waals surface area contributed by atoms with Gasteiger partial charge in [-0.05, 0) is 37.8 Å². The molecule has 28 heavy (non-hydrogen) atoms. The predicted molar refractivity (Wildman–Crippen MR) is 104 cm³/mol. The van der Waals surface area contributed by atoms with E-state index in [9.17, 15) is 19.2 Å². The lowest BCUT2D eigenvalue weighted by Crippen LogP contribution is -2.41. The molecule has 7 nitrogen and oxygen atoms in total. The van der Waals surface area contributed by atoms with Gasteiger partial charge in [0.15, 0.2) is 0 Å². The van der Waals surface area contributed by atoms with Gasteiger partial charge in [-0.2, -0.15) is 0 Å². The minimum Gasteiger partial charge on any atom is -0.356 e. The number of carbonyl (C=O) groups excluding carboxylic acids is 4. The van der Waals surface area contributed by atoms with Gasteiger partial charge in [0.1, 0.15) is 0 Å². The van der Waals surface area contributed by atoms with Gasteiger partial charge in [-0.15, -0.1) is 0 Å². The molecule has 1 aromatic carbocycles. The van der Waals surface area contributed by atoms with Crippen LogP contribution in [0.5, 0.6) is 0 Å². The molecule has 150 valence electrons. The predicted octanol–water partition coefficient (Wildman–Crippen LogP) is 1.75. The van der Waals surface area contributed by atoms with Crippen molar-refractivity contribution in [2.45, 2.75) is 39.5 Å². The van der Waals surface area contributed by atoms with E-state index in [1.54, 1.807) is 18.2 Å². The number of carbonyl (C=O) groups is 4. The maximum absolute atomic E-state index is 12.4. The first-order valence-electron chi connectivity index (χ1n) is 9.88. The van der Waals surface area contributed by atoms with Crippen molar-refractivity contribution in [3.63, 3.8) is 0 Å². The summed E-state index contributed by atoms with van der Waals surface area (Å²) in [7, 11) is 0. The molecule has 1 unspecified atom stereocenters. The van der Waals surface area contributed by atoms with Gasteiger partial charge < -0.3 is 10.2 Å². The summed E-state index contributed by atoms with van der Waals surface area (Å²) in [6.45, 7) is 5.88. The summed E-state index contributed by atoms with van der Waals surface area (Å²) < 4.78 is 0. The maximum Gasteiger partial charge on any atom is 0.261 e. The minimum atomic E-state index is -0.359. The monoisotopic (exact) mass is 385 g/mol. The zero-order valence-electron chi connectivity index (χ0n) is 16.5. The average molecular weight is 385 g/mol. The zero-order chi connectivity index (χ0) is 20.3. The van der Waals surface area contributed by atoms with Crippen LogP contribution < -0.4 is 5.32 Å². The molecule has 1 saturated heterocycles. The first kappa shape index (κ1) is 20.0. The maximum atomic E-state index is 12.4. The first-order valence-corrected chi connectivity index (χ1v) is 9.88. The van der Waals surface area contributed by atoms with Crippen LogP contribution in [-0.4, -0.2) is 59.6 Å². The third-order valence-corrected chi connectivity index (χ3v) is 5.36. The summed E-state index contributed by atoms with van der Waals surface area (Å²) in [5.41, 5.74) is 1.69. The topological polar surface area (TPSA) is 86.8 Å². The second-order valence-electron chi connectivity index (χ2n) is 7.75. The largest absolute Gasteiger partial charge is 0.356 e. The molecule has 3 rings (SSSR count). The van der Waals surface area contributed by atoms with E-state index in [1.807, 2.05) is 11.8 Å². The number of benzene rings is 1. The number of hydrogen-bond donors (Lipinski definition) is 1. The van der Waals surface area contributed by atoms with Crippen molar-refractivity contribution in [2.24, 2.45) is 5.92 Å². The van der Waals surface area contributed by atoms with Crippen LogP contribution in [0.1, 0.15) is 58.9 Å². The normalized spacial score (nSPS) is 19.0. The molecule has 7 heteroatoms. The van der Waals surface area contributed by atoms with Crippen LogP contribution in [0, 0.1) is 12.8 Å². The highest BCUT2D eigenvalue weighted by Gasteiger charge is 2.35. The minimum absolute atomic E-state index is 0.0272. The van der Waals surface area contributed by atoms with Crippen molar-refractivity contribution in [3.05, 3.63) is 34.9 Å². The Hall–Kier alpha value is -2.70. The Kier molecular flexibility index (Phi) is 6.11. The second-order valence-corrected chi connectivity index (χ2v) is 7.75. The molecule has 2 heterocycles. The van der Waals surface area contributed by atoms with Crippen LogP contribution >= 0.6 is 0 Å². The van der Waals surface area contributed by atoms with Crippen LogP contribution in [0.3, 0.4) is 0 Å². The molecule has 0 aromatic heterocycles. The molecule has 0 saturated carbocycles. The third kappa shape index (κ3) is 4.40. The number of hydrogen-bond acceptors (Lipinski definition) is 4.